The van der Waals surface area contributed by atoms with Crippen molar-refractivity contribution in [2.45, 2.75) is 38.1 Å². The molecule has 0 bridgehead atoms. The third-order valence-corrected chi connectivity index (χ3v) is 3.92. The Balaban J connectivity index is 1.95. The van der Waals surface area contributed by atoms with E-state index in [0.29, 0.717) is 12.0 Å². The topological polar surface area (TPSA) is 58.3 Å². The fourth-order valence-electron chi connectivity index (χ4n) is 2.79. The van der Waals surface area contributed by atoms with Gasteiger partial charge < -0.3 is 16.2 Å². The lowest BCUT2D eigenvalue weighted by Gasteiger charge is -2.32. The number of hydrogen-bond donors (Lipinski definition) is 3. The van der Waals surface area contributed by atoms with Crippen molar-refractivity contribution in [3.05, 3.63) is 29.8 Å². The van der Waals surface area contributed by atoms with Crippen LogP contribution in [0.4, 0.5) is 5.69 Å². The third kappa shape index (κ3) is 3.47. The van der Waals surface area contributed by atoms with Gasteiger partial charge in [0.2, 0.25) is 0 Å². The molecule has 1 aromatic carbocycles. The Kier molecular flexibility index (Phi) is 5.02. The van der Waals surface area contributed by atoms with Gasteiger partial charge in [-0.3, -0.25) is 0 Å². The molecule has 2 unspecified atom stereocenters. The van der Waals surface area contributed by atoms with Gasteiger partial charge in [0, 0.05) is 18.3 Å². The summed E-state index contributed by atoms with van der Waals surface area (Å²) in [5, 5.41) is 12.5. The maximum atomic E-state index is 8.89. The summed E-state index contributed by atoms with van der Waals surface area (Å²) in [6.07, 6.45) is 5.82. The van der Waals surface area contributed by atoms with Gasteiger partial charge in [-0.1, -0.05) is 25.0 Å². The molecule has 0 saturated heterocycles. The zero-order valence-corrected chi connectivity index (χ0v) is 10.9. The Morgan fingerprint density at radius 2 is 1.89 bits per heavy atom. The summed E-state index contributed by atoms with van der Waals surface area (Å²) in [4.78, 5) is 0. The van der Waals surface area contributed by atoms with Crippen molar-refractivity contribution >= 4 is 5.69 Å². The van der Waals surface area contributed by atoms with Gasteiger partial charge in [-0.15, -0.1) is 0 Å². The molecular formula is C15H24N2O. The molecule has 1 fully saturated rings. The number of aliphatic hydroxyl groups excluding tert-OH is 1. The monoisotopic (exact) mass is 248 g/mol. The molecule has 4 N–H and O–H groups in total. The highest BCUT2D eigenvalue weighted by Crippen LogP contribution is 2.26. The van der Waals surface area contributed by atoms with E-state index in [-0.39, 0.29) is 6.61 Å². The highest BCUT2D eigenvalue weighted by molar-refractivity contribution is 5.45. The van der Waals surface area contributed by atoms with Gasteiger partial charge in [0.1, 0.15) is 0 Å². The van der Waals surface area contributed by atoms with Crippen molar-refractivity contribution in [2.24, 2.45) is 11.7 Å². The van der Waals surface area contributed by atoms with Crippen LogP contribution in [-0.2, 0) is 6.42 Å². The van der Waals surface area contributed by atoms with Crippen LogP contribution < -0.4 is 11.1 Å². The van der Waals surface area contributed by atoms with Gasteiger partial charge in [-0.2, -0.15) is 0 Å². The molecule has 0 aliphatic heterocycles. The van der Waals surface area contributed by atoms with E-state index in [2.05, 4.69) is 29.6 Å². The minimum atomic E-state index is 0.213. The van der Waals surface area contributed by atoms with Crippen LogP contribution in [0.2, 0.25) is 0 Å². The summed E-state index contributed by atoms with van der Waals surface area (Å²) in [6, 6.07) is 8.89. The maximum Gasteiger partial charge on any atom is 0.0471 e. The molecule has 0 radical (unpaired) electrons. The van der Waals surface area contributed by atoms with Crippen molar-refractivity contribution in [1.82, 2.24) is 0 Å². The number of aliphatic hydroxyl groups is 1. The first kappa shape index (κ1) is 13.4. The van der Waals surface area contributed by atoms with E-state index < -0.39 is 0 Å². The summed E-state index contributed by atoms with van der Waals surface area (Å²) in [6.45, 7) is 0.991. The summed E-state index contributed by atoms with van der Waals surface area (Å²) in [7, 11) is 0. The summed E-state index contributed by atoms with van der Waals surface area (Å²) < 4.78 is 0. The van der Waals surface area contributed by atoms with Crippen LogP contribution in [0.1, 0.15) is 31.2 Å². The molecule has 1 aliphatic rings. The molecular weight excluding hydrogens is 224 g/mol. The average Bonchev–Trinajstić information content (AvgIpc) is 2.42. The Labute approximate surface area is 109 Å². The van der Waals surface area contributed by atoms with Crippen LogP contribution in [0.3, 0.4) is 0 Å². The van der Waals surface area contributed by atoms with Crippen molar-refractivity contribution < 1.29 is 5.11 Å². The SMILES string of the molecule is NCC1CCCCC1Nc1ccc(CCO)cc1. The molecule has 0 spiro atoms. The zero-order valence-electron chi connectivity index (χ0n) is 10.9. The van der Waals surface area contributed by atoms with Crippen LogP contribution in [0.5, 0.6) is 0 Å². The predicted octanol–water partition coefficient (Wildman–Crippen LogP) is 2.15. The van der Waals surface area contributed by atoms with Gasteiger partial charge in [-0.05, 0) is 49.4 Å². The Morgan fingerprint density at radius 1 is 1.17 bits per heavy atom. The zero-order chi connectivity index (χ0) is 12.8. The van der Waals surface area contributed by atoms with Crippen LogP contribution in [0.15, 0.2) is 24.3 Å². The molecule has 3 heteroatoms. The second kappa shape index (κ2) is 6.76. The van der Waals surface area contributed by atoms with Crippen molar-refractivity contribution in [3.8, 4) is 0 Å². The fourth-order valence-corrected chi connectivity index (χ4v) is 2.79. The number of nitrogens with two attached hydrogens (primary N) is 1. The summed E-state index contributed by atoms with van der Waals surface area (Å²) >= 11 is 0. The van der Waals surface area contributed by atoms with E-state index in [0.717, 1.165) is 13.0 Å². The molecule has 2 rings (SSSR count). The lowest BCUT2D eigenvalue weighted by atomic mass is 9.84. The fraction of sp³-hybridized carbons (Fsp3) is 0.600. The minimum absolute atomic E-state index is 0.213. The molecule has 1 saturated carbocycles. The lowest BCUT2D eigenvalue weighted by Crippen LogP contribution is -2.36. The number of anilines is 1. The van der Waals surface area contributed by atoms with E-state index >= 15 is 0 Å². The van der Waals surface area contributed by atoms with Crippen LogP contribution in [0.25, 0.3) is 0 Å². The highest BCUT2D eigenvalue weighted by Gasteiger charge is 2.23. The molecule has 0 amide bonds. The van der Waals surface area contributed by atoms with E-state index in [9.17, 15) is 0 Å². The molecule has 0 heterocycles. The number of rotatable bonds is 5. The maximum absolute atomic E-state index is 8.89. The van der Waals surface area contributed by atoms with Crippen LogP contribution in [-0.4, -0.2) is 24.3 Å². The van der Waals surface area contributed by atoms with Crippen molar-refractivity contribution in [3.63, 3.8) is 0 Å². The van der Waals surface area contributed by atoms with Gasteiger partial charge in [0.05, 0.1) is 0 Å². The minimum Gasteiger partial charge on any atom is -0.396 e. The molecule has 0 aromatic heterocycles. The van der Waals surface area contributed by atoms with Crippen LogP contribution in [0, 0.1) is 5.92 Å². The molecule has 1 aromatic rings. The van der Waals surface area contributed by atoms with Crippen molar-refractivity contribution in [1.29, 1.82) is 0 Å². The first-order valence-electron chi connectivity index (χ1n) is 7.00. The molecule has 18 heavy (non-hydrogen) atoms. The molecule has 1 aliphatic carbocycles. The highest BCUT2D eigenvalue weighted by atomic mass is 16.2. The van der Waals surface area contributed by atoms with Crippen molar-refractivity contribution in [2.75, 3.05) is 18.5 Å². The number of benzene rings is 1. The Hall–Kier alpha value is -1.06. The second-order valence-electron chi connectivity index (χ2n) is 5.20. The van der Waals surface area contributed by atoms with E-state index in [1.54, 1.807) is 0 Å². The summed E-state index contributed by atoms with van der Waals surface area (Å²) in [5.74, 6) is 0.607. The van der Waals surface area contributed by atoms with E-state index in [1.807, 2.05) is 0 Å². The van der Waals surface area contributed by atoms with E-state index in [4.69, 9.17) is 10.8 Å². The van der Waals surface area contributed by atoms with Gasteiger partial charge in [0.25, 0.3) is 0 Å². The normalized spacial score (nSPS) is 23.9. The molecule has 2 atom stereocenters. The van der Waals surface area contributed by atoms with Crippen LogP contribution >= 0.6 is 0 Å². The third-order valence-electron chi connectivity index (χ3n) is 3.92. The standard InChI is InChI=1S/C15H24N2O/c16-11-13-3-1-2-4-15(13)17-14-7-5-12(6-8-14)9-10-18/h5-8,13,15,17-18H,1-4,9-11,16H2. The van der Waals surface area contributed by atoms with E-state index in [1.165, 1.54) is 36.9 Å². The molecule has 3 nitrogen and oxygen atoms in total. The molecule has 100 valence electrons. The second-order valence-corrected chi connectivity index (χ2v) is 5.20. The average molecular weight is 248 g/mol. The number of hydrogen-bond acceptors (Lipinski definition) is 3. The van der Waals surface area contributed by atoms with Gasteiger partial charge in [0.15, 0.2) is 0 Å². The smallest absolute Gasteiger partial charge is 0.0471 e. The van der Waals surface area contributed by atoms with Gasteiger partial charge >= 0.3 is 0 Å². The predicted molar refractivity (Wildman–Crippen MR) is 75.7 cm³/mol. The Morgan fingerprint density at radius 3 is 2.56 bits per heavy atom. The summed E-state index contributed by atoms with van der Waals surface area (Å²) in [5.41, 5.74) is 8.19. The quantitative estimate of drug-likeness (QED) is 0.748. The Bertz CT molecular complexity index is 350. The van der Waals surface area contributed by atoms with Gasteiger partial charge in [-0.25, -0.2) is 0 Å². The lowest BCUT2D eigenvalue weighted by molar-refractivity contribution is 0.299. The first-order chi connectivity index (χ1) is 8.83. The first-order valence-corrected chi connectivity index (χ1v) is 7.00. The largest absolute Gasteiger partial charge is 0.396 e. The number of nitrogens with one attached hydrogen (secondary N) is 1.